The normalized spacial score (nSPS) is 11.2. The summed E-state index contributed by atoms with van der Waals surface area (Å²) in [6.45, 7) is 0. The number of benzene rings is 4. The van der Waals surface area contributed by atoms with E-state index in [1.807, 2.05) is 85.3 Å². The molecule has 0 N–H and O–H groups in total. The first kappa shape index (κ1) is 29.2. The zero-order chi connectivity index (χ0) is 33.3. The van der Waals surface area contributed by atoms with E-state index in [-0.39, 0.29) is 0 Å². The average molecular weight is 641 g/mol. The van der Waals surface area contributed by atoms with E-state index in [1.54, 1.807) is 6.20 Å². The van der Waals surface area contributed by atoms with Gasteiger partial charge in [0.1, 0.15) is 0 Å². The first-order chi connectivity index (χ1) is 24.8. The van der Waals surface area contributed by atoms with Crippen LogP contribution in [-0.4, -0.2) is 29.9 Å². The predicted octanol–water partition coefficient (Wildman–Crippen LogP) is 10.4. The first-order valence-corrected chi connectivity index (χ1v) is 16.4. The Morgan fingerprint density at radius 1 is 0.340 bits per heavy atom. The lowest BCUT2D eigenvalue weighted by Gasteiger charge is -2.11. The van der Waals surface area contributed by atoms with Crippen molar-refractivity contribution < 1.29 is 0 Å². The van der Waals surface area contributed by atoms with Gasteiger partial charge in [-0.05, 0) is 46.8 Å². The van der Waals surface area contributed by atoms with E-state index >= 15 is 0 Å². The van der Waals surface area contributed by atoms with E-state index in [2.05, 4.69) is 83.8 Å². The van der Waals surface area contributed by atoms with Crippen LogP contribution in [0, 0.1) is 0 Å². The van der Waals surface area contributed by atoms with E-state index in [9.17, 15) is 0 Å². The van der Waals surface area contributed by atoms with Gasteiger partial charge in [-0.1, -0.05) is 115 Å². The third kappa shape index (κ3) is 5.55. The molecule has 0 aliphatic heterocycles. The van der Waals surface area contributed by atoms with Crippen molar-refractivity contribution in [3.8, 4) is 67.7 Å². The van der Waals surface area contributed by atoms with Crippen LogP contribution in [0.2, 0.25) is 0 Å². The van der Waals surface area contributed by atoms with E-state index in [4.69, 9.17) is 24.9 Å². The Morgan fingerprint density at radius 2 is 0.940 bits per heavy atom. The molecule has 234 valence electrons. The number of aromatic nitrogens is 6. The summed E-state index contributed by atoms with van der Waals surface area (Å²) in [5, 5.41) is 3.39. The highest BCUT2D eigenvalue weighted by atomic mass is 14.9. The third-order valence-corrected chi connectivity index (χ3v) is 8.91. The Morgan fingerprint density at radius 3 is 1.66 bits per heavy atom. The van der Waals surface area contributed by atoms with Crippen molar-refractivity contribution in [1.82, 2.24) is 29.9 Å². The van der Waals surface area contributed by atoms with Crippen molar-refractivity contribution in [3.05, 3.63) is 170 Å². The van der Waals surface area contributed by atoms with Crippen molar-refractivity contribution in [3.63, 3.8) is 0 Å². The fraction of sp³-hybridized carbons (Fsp3) is 0. The van der Waals surface area contributed by atoms with Gasteiger partial charge in [0.15, 0.2) is 5.82 Å². The number of hydrogen-bond donors (Lipinski definition) is 0. The first-order valence-electron chi connectivity index (χ1n) is 16.4. The number of hydrogen-bond acceptors (Lipinski definition) is 6. The molecule has 0 amide bonds. The van der Waals surface area contributed by atoms with Gasteiger partial charge in [0.25, 0.3) is 0 Å². The molecule has 50 heavy (non-hydrogen) atoms. The molecule has 6 nitrogen and oxygen atoms in total. The Balaban J connectivity index is 1.04. The predicted molar refractivity (Wildman–Crippen MR) is 201 cm³/mol. The lowest BCUT2D eigenvalue weighted by atomic mass is 10.0. The molecule has 5 heterocycles. The summed E-state index contributed by atoms with van der Waals surface area (Å²) in [5.74, 6) is 0.648. The van der Waals surface area contributed by atoms with Gasteiger partial charge in [-0.2, -0.15) is 0 Å². The number of pyridine rings is 4. The van der Waals surface area contributed by atoms with Crippen molar-refractivity contribution in [2.24, 2.45) is 0 Å². The van der Waals surface area contributed by atoms with Gasteiger partial charge in [-0.15, -0.1) is 0 Å². The molecule has 5 aromatic heterocycles. The standard InChI is InChI=1S/C44H28N6/c1-2-9-31(10-3-1)44-49-41(30-18-16-29(17-19-30)32-11-8-24-45-26-32)25-42(50-44)39-22-20-33(27-46-39)34-21-23-40(47-28-34)43-37-14-5-4-12-35(37)36-13-6-7-15-38(36)48-43/h1-28H. The second-order valence-corrected chi connectivity index (χ2v) is 12.0. The summed E-state index contributed by atoms with van der Waals surface area (Å²) in [5.41, 5.74) is 11.0. The molecule has 0 fully saturated rings. The van der Waals surface area contributed by atoms with Gasteiger partial charge < -0.3 is 0 Å². The fourth-order valence-electron chi connectivity index (χ4n) is 6.33. The van der Waals surface area contributed by atoms with Crippen molar-refractivity contribution in [1.29, 1.82) is 0 Å². The maximum atomic E-state index is 5.01. The topological polar surface area (TPSA) is 77.3 Å². The Bertz CT molecular complexity index is 2600. The van der Waals surface area contributed by atoms with E-state index in [1.165, 1.54) is 5.39 Å². The van der Waals surface area contributed by atoms with Crippen molar-refractivity contribution >= 4 is 21.7 Å². The maximum Gasteiger partial charge on any atom is 0.160 e. The van der Waals surface area contributed by atoms with Crippen molar-refractivity contribution in [2.45, 2.75) is 0 Å². The van der Waals surface area contributed by atoms with Crippen LogP contribution in [0.1, 0.15) is 0 Å². The SMILES string of the molecule is c1ccc(-c2nc(-c3ccc(-c4cccnc4)cc3)cc(-c3ccc(-c4ccc(-c5nc6ccccc6c6ccccc56)nc4)cn3)n2)cc1. The van der Waals surface area contributed by atoms with Crippen LogP contribution in [0.4, 0.5) is 0 Å². The third-order valence-electron chi connectivity index (χ3n) is 8.91. The lowest BCUT2D eigenvalue weighted by Crippen LogP contribution is -1.97. The lowest BCUT2D eigenvalue weighted by molar-refractivity contribution is 1.16. The zero-order valence-electron chi connectivity index (χ0n) is 26.8. The Kier molecular flexibility index (Phi) is 7.37. The second kappa shape index (κ2) is 12.6. The minimum atomic E-state index is 0.648. The molecule has 0 unspecified atom stereocenters. The largest absolute Gasteiger partial charge is 0.264 e. The van der Waals surface area contributed by atoms with Crippen LogP contribution >= 0.6 is 0 Å². The summed E-state index contributed by atoms with van der Waals surface area (Å²) in [7, 11) is 0. The monoisotopic (exact) mass is 640 g/mol. The summed E-state index contributed by atoms with van der Waals surface area (Å²) >= 11 is 0. The van der Waals surface area contributed by atoms with Crippen LogP contribution < -0.4 is 0 Å². The molecule has 0 saturated heterocycles. The second-order valence-electron chi connectivity index (χ2n) is 12.0. The number of para-hydroxylation sites is 1. The summed E-state index contributed by atoms with van der Waals surface area (Å²) in [6.07, 6.45) is 7.42. The zero-order valence-corrected chi connectivity index (χ0v) is 26.8. The molecule has 0 spiro atoms. The summed E-state index contributed by atoms with van der Waals surface area (Å²) in [4.78, 5) is 28.9. The van der Waals surface area contributed by atoms with Gasteiger partial charge in [-0.3, -0.25) is 15.0 Å². The summed E-state index contributed by atoms with van der Waals surface area (Å²) in [6, 6.07) is 49.2. The summed E-state index contributed by atoms with van der Waals surface area (Å²) < 4.78 is 0. The van der Waals surface area contributed by atoms with Crippen LogP contribution in [0.3, 0.4) is 0 Å². The molecular weight excluding hydrogens is 613 g/mol. The molecule has 9 rings (SSSR count). The fourth-order valence-corrected chi connectivity index (χ4v) is 6.33. The quantitative estimate of drug-likeness (QED) is 0.168. The Hall–Kier alpha value is -6.92. The molecule has 9 aromatic rings. The van der Waals surface area contributed by atoms with E-state index in [0.29, 0.717) is 5.82 Å². The number of nitrogens with zero attached hydrogens (tertiary/aromatic N) is 6. The molecule has 0 aliphatic rings. The molecule has 0 saturated carbocycles. The number of rotatable bonds is 6. The minimum absolute atomic E-state index is 0.648. The molecule has 4 aromatic carbocycles. The van der Waals surface area contributed by atoms with Gasteiger partial charge >= 0.3 is 0 Å². The van der Waals surface area contributed by atoms with Crippen LogP contribution in [0.15, 0.2) is 170 Å². The highest BCUT2D eigenvalue weighted by molar-refractivity contribution is 6.10. The Labute approximate surface area is 288 Å². The number of fused-ring (bicyclic) bond motifs is 3. The van der Waals surface area contributed by atoms with Crippen molar-refractivity contribution in [2.75, 3.05) is 0 Å². The molecule has 0 aliphatic carbocycles. The smallest absolute Gasteiger partial charge is 0.160 e. The van der Waals surface area contributed by atoms with Crippen LogP contribution in [0.5, 0.6) is 0 Å². The van der Waals surface area contributed by atoms with Gasteiger partial charge in [0.05, 0.1) is 34.0 Å². The van der Waals surface area contributed by atoms with Gasteiger partial charge in [0.2, 0.25) is 0 Å². The molecule has 6 heteroatoms. The molecule has 0 atom stereocenters. The van der Waals surface area contributed by atoms with Crippen LogP contribution in [-0.2, 0) is 0 Å². The van der Waals surface area contributed by atoms with Gasteiger partial charge in [0, 0.05) is 57.8 Å². The highest BCUT2D eigenvalue weighted by Gasteiger charge is 2.14. The molecule has 0 bridgehead atoms. The van der Waals surface area contributed by atoms with Crippen LogP contribution in [0.25, 0.3) is 89.4 Å². The maximum absolute atomic E-state index is 5.01. The average Bonchev–Trinajstić information content (AvgIpc) is 3.21. The van der Waals surface area contributed by atoms with Gasteiger partial charge in [-0.25, -0.2) is 15.0 Å². The minimum Gasteiger partial charge on any atom is -0.264 e. The molecule has 0 radical (unpaired) electrons. The van der Waals surface area contributed by atoms with E-state index in [0.717, 1.165) is 78.1 Å². The molecular formula is C44H28N6. The highest BCUT2D eigenvalue weighted by Crippen LogP contribution is 2.33. The van der Waals surface area contributed by atoms with E-state index < -0.39 is 0 Å².